The van der Waals surface area contributed by atoms with E-state index in [0.29, 0.717) is 5.56 Å². The number of amides is 1. The SMILES string of the molecule is O=C(NCC(O)c1ccc(F)cc1)c1sccc1OC(F)F. The predicted octanol–water partition coefficient (Wildman–Crippen LogP) is 2.95. The van der Waals surface area contributed by atoms with Crippen molar-refractivity contribution in [2.24, 2.45) is 0 Å². The van der Waals surface area contributed by atoms with Crippen LogP contribution >= 0.6 is 11.3 Å². The van der Waals surface area contributed by atoms with Crippen LogP contribution in [0.1, 0.15) is 21.3 Å². The molecule has 0 aliphatic rings. The van der Waals surface area contributed by atoms with Crippen molar-refractivity contribution in [3.05, 3.63) is 52.0 Å². The van der Waals surface area contributed by atoms with Crippen molar-refractivity contribution in [1.82, 2.24) is 5.32 Å². The molecule has 2 aromatic rings. The summed E-state index contributed by atoms with van der Waals surface area (Å²) in [7, 11) is 0. The first-order valence-electron chi connectivity index (χ1n) is 6.21. The number of hydrogen-bond acceptors (Lipinski definition) is 4. The van der Waals surface area contributed by atoms with Crippen molar-refractivity contribution in [3.8, 4) is 5.75 Å². The third-order valence-electron chi connectivity index (χ3n) is 2.76. The topological polar surface area (TPSA) is 58.6 Å². The molecule has 8 heteroatoms. The number of carbonyl (C=O) groups is 1. The van der Waals surface area contributed by atoms with Crippen molar-refractivity contribution in [3.63, 3.8) is 0 Å². The van der Waals surface area contributed by atoms with E-state index in [-0.39, 0.29) is 17.2 Å². The Morgan fingerprint density at radius 3 is 2.59 bits per heavy atom. The maximum absolute atomic E-state index is 12.8. The van der Waals surface area contributed by atoms with E-state index in [1.807, 2.05) is 0 Å². The summed E-state index contributed by atoms with van der Waals surface area (Å²) in [5, 5.41) is 13.7. The Morgan fingerprint density at radius 2 is 1.95 bits per heavy atom. The van der Waals surface area contributed by atoms with E-state index in [9.17, 15) is 23.1 Å². The monoisotopic (exact) mass is 331 g/mol. The summed E-state index contributed by atoms with van der Waals surface area (Å²) in [6.45, 7) is -3.16. The van der Waals surface area contributed by atoms with Crippen LogP contribution in [0.5, 0.6) is 5.75 Å². The third kappa shape index (κ3) is 4.22. The molecule has 0 spiro atoms. The summed E-state index contributed by atoms with van der Waals surface area (Å²) >= 11 is 0.947. The van der Waals surface area contributed by atoms with Gasteiger partial charge in [-0.25, -0.2) is 4.39 Å². The lowest BCUT2D eigenvalue weighted by atomic mass is 10.1. The highest BCUT2D eigenvalue weighted by Crippen LogP contribution is 2.26. The number of benzene rings is 1. The Labute approximate surface area is 128 Å². The minimum atomic E-state index is -3.02. The van der Waals surface area contributed by atoms with Crippen LogP contribution in [-0.4, -0.2) is 24.2 Å². The molecule has 0 fully saturated rings. The van der Waals surface area contributed by atoms with E-state index >= 15 is 0 Å². The van der Waals surface area contributed by atoms with Gasteiger partial charge in [-0.05, 0) is 29.1 Å². The van der Waals surface area contributed by atoms with Gasteiger partial charge in [-0.3, -0.25) is 4.79 Å². The summed E-state index contributed by atoms with van der Waals surface area (Å²) in [5.41, 5.74) is 0.428. The molecule has 0 saturated carbocycles. The second-order valence-electron chi connectivity index (χ2n) is 4.27. The van der Waals surface area contributed by atoms with Crippen molar-refractivity contribution in [2.45, 2.75) is 12.7 Å². The fourth-order valence-electron chi connectivity index (χ4n) is 1.72. The summed E-state index contributed by atoms with van der Waals surface area (Å²) in [4.78, 5) is 11.9. The van der Waals surface area contributed by atoms with Gasteiger partial charge >= 0.3 is 6.61 Å². The second-order valence-corrected chi connectivity index (χ2v) is 5.19. The molecule has 1 amide bonds. The molecule has 1 atom stereocenters. The van der Waals surface area contributed by atoms with E-state index in [4.69, 9.17) is 0 Å². The Hall–Kier alpha value is -2.06. The Morgan fingerprint density at radius 1 is 1.27 bits per heavy atom. The van der Waals surface area contributed by atoms with E-state index in [0.717, 1.165) is 11.3 Å². The van der Waals surface area contributed by atoms with Gasteiger partial charge in [0.25, 0.3) is 5.91 Å². The zero-order valence-corrected chi connectivity index (χ0v) is 11.9. The number of thiophene rings is 1. The number of ether oxygens (including phenoxy) is 1. The molecule has 0 saturated heterocycles. The van der Waals surface area contributed by atoms with Crippen LogP contribution < -0.4 is 10.1 Å². The number of aliphatic hydroxyl groups excluding tert-OH is 1. The summed E-state index contributed by atoms with van der Waals surface area (Å²) in [6, 6.07) is 6.43. The lowest BCUT2D eigenvalue weighted by Gasteiger charge is -2.12. The highest BCUT2D eigenvalue weighted by molar-refractivity contribution is 7.12. The van der Waals surface area contributed by atoms with Crippen LogP contribution in [0, 0.1) is 5.82 Å². The summed E-state index contributed by atoms with van der Waals surface area (Å²) < 4.78 is 41.4. The van der Waals surface area contributed by atoms with Crippen LogP contribution in [0.3, 0.4) is 0 Å². The van der Waals surface area contributed by atoms with Gasteiger partial charge in [-0.1, -0.05) is 12.1 Å². The van der Waals surface area contributed by atoms with Crippen LogP contribution in [0.2, 0.25) is 0 Å². The average molecular weight is 331 g/mol. The van der Waals surface area contributed by atoms with Gasteiger partial charge in [0.2, 0.25) is 0 Å². The van der Waals surface area contributed by atoms with Gasteiger partial charge in [-0.2, -0.15) is 8.78 Å². The smallest absolute Gasteiger partial charge is 0.387 e. The lowest BCUT2D eigenvalue weighted by molar-refractivity contribution is -0.0498. The number of rotatable bonds is 6. The first-order chi connectivity index (χ1) is 10.5. The van der Waals surface area contributed by atoms with Crippen molar-refractivity contribution >= 4 is 17.2 Å². The molecule has 0 bridgehead atoms. The minimum absolute atomic E-state index is 0.00777. The first-order valence-corrected chi connectivity index (χ1v) is 7.09. The Kier molecular flexibility index (Phi) is 5.40. The lowest BCUT2D eigenvalue weighted by Crippen LogP contribution is -2.28. The molecule has 2 rings (SSSR count). The maximum Gasteiger partial charge on any atom is 0.387 e. The van der Waals surface area contributed by atoms with Gasteiger partial charge in [-0.15, -0.1) is 11.3 Å². The highest BCUT2D eigenvalue weighted by Gasteiger charge is 2.18. The number of carbonyl (C=O) groups excluding carboxylic acids is 1. The second kappa shape index (κ2) is 7.28. The van der Waals surface area contributed by atoms with Gasteiger partial charge in [0.15, 0.2) is 0 Å². The van der Waals surface area contributed by atoms with Crippen LogP contribution in [0.4, 0.5) is 13.2 Å². The number of alkyl halides is 2. The number of nitrogens with one attached hydrogen (secondary N) is 1. The molecular formula is C14H12F3NO3S. The average Bonchev–Trinajstić information content (AvgIpc) is 2.92. The molecule has 22 heavy (non-hydrogen) atoms. The van der Waals surface area contributed by atoms with Crippen molar-refractivity contribution in [2.75, 3.05) is 6.54 Å². The molecule has 4 nitrogen and oxygen atoms in total. The van der Waals surface area contributed by atoms with E-state index in [1.54, 1.807) is 0 Å². The number of aliphatic hydroxyl groups is 1. The molecule has 0 aliphatic carbocycles. The molecule has 118 valence electrons. The quantitative estimate of drug-likeness (QED) is 0.856. The van der Waals surface area contributed by atoms with E-state index in [2.05, 4.69) is 10.1 Å². The highest BCUT2D eigenvalue weighted by atomic mass is 32.1. The van der Waals surface area contributed by atoms with Crippen LogP contribution in [0.15, 0.2) is 35.7 Å². The van der Waals surface area contributed by atoms with Crippen molar-refractivity contribution in [1.29, 1.82) is 0 Å². The summed E-state index contributed by atoms with van der Waals surface area (Å²) in [5.74, 6) is -1.28. The zero-order valence-electron chi connectivity index (χ0n) is 11.1. The molecule has 1 unspecified atom stereocenters. The Bertz CT molecular complexity index is 631. The predicted molar refractivity (Wildman–Crippen MR) is 74.6 cm³/mol. The largest absolute Gasteiger partial charge is 0.433 e. The normalized spacial score (nSPS) is 12.2. The van der Waals surface area contributed by atoms with Crippen LogP contribution in [-0.2, 0) is 0 Å². The molecule has 0 radical (unpaired) electrons. The minimum Gasteiger partial charge on any atom is -0.433 e. The fraction of sp³-hybridized carbons (Fsp3) is 0.214. The molecule has 2 N–H and O–H groups in total. The van der Waals surface area contributed by atoms with Gasteiger partial charge in [0.05, 0.1) is 6.10 Å². The molecule has 1 heterocycles. The van der Waals surface area contributed by atoms with E-state index in [1.165, 1.54) is 35.7 Å². The standard InChI is InChI=1S/C14H12F3NO3S/c15-9-3-1-8(2-4-9)10(19)7-18-13(20)12-11(5-6-22-12)21-14(16)17/h1-6,10,14,19H,7H2,(H,18,20). The maximum atomic E-state index is 12.8. The molecule has 1 aromatic carbocycles. The summed E-state index contributed by atoms with van der Waals surface area (Å²) in [6.07, 6.45) is -1.04. The number of hydrogen-bond donors (Lipinski definition) is 2. The van der Waals surface area contributed by atoms with Gasteiger partial charge in [0.1, 0.15) is 16.4 Å². The zero-order chi connectivity index (χ0) is 16.1. The van der Waals surface area contributed by atoms with Crippen molar-refractivity contribution < 1.29 is 27.8 Å². The molecular weight excluding hydrogens is 319 g/mol. The first kappa shape index (κ1) is 16.3. The number of halogens is 3. The Balaban J connectivity index is 1.95. The molecule has 0 aliphatic heterocycles. The van der Waals surface area contributed by atoms with Gasteiger partial charge in [0, 0.05) is 6.54 Å². The van der Waals surface area contributed by atoms with Crippen LogP contribution in [0.25, 0.3) is 0 Å². The van der Waals surface area contributed by atoms with Gasteiger partial charge < -0.3 is 15.2 Å². The molecule has 1 aromatic heterocycles. The third-order valence-corrected chi connectivity index (χ3v) is 3.66. The fourth-order valence-corrected chi connectivity index (χ4v) is 2.46. The van der Waals surface area contributed by atoms with E-state index < -0.39 is 24.4 Å².